The van der Waals surface area contributed by atoms with E-state index in [2.05, 4.69) is 15.6 Å². The lowest BCUT2D eigenvalue weighted by Crippen LogP contribution is -2.43. The molecule has 0 saturated heterocycles. The van der Waals surface area contributed by atoms with Crippen LogP contribution in [-0.4, -0.2) is 36.1 Å². The summed E-state index contributed by atoms with van der Waals surface area (Å²) < 4.78 is 5.47. The highest BCUT2D eigenvalue weighted by atomic mass is 35.5. The van der Waals surface area contributed by atoms with Gasteiger partial charge in [-0.15, -0.1) is 24.8 Å². The second-order valence-electron chi connectivity index (χ2n) is 4.15. The molecule has 0 saturated carbocycles. The fourth-order valence-corrected chi connectivity index (χ4v) is 1.49. The number of pyridine rings is 1. The lowest BCUT2D eigenvalue weighted by Gasteiger charge is -2.17. The fraction of sp³-hybridized carbons (Fsp3) is 0.538. The maximum Gasteiger partial charge on any atom is 0.260 e. The zero-order chi connectivity index (χ0) is 13.4. The van der Waals surface area contributed by atoms with Crippen molar-refractivity contribution >= 4 is 30.7 Å². The highest BCUT2D eigenvalue weighted by Gasteiger charge is 2.14. The van der Waals surface area contributed by atoms with Crippen molar-refractivity contribution in [1.29, 1.82) is 0 Å². The average molecular weight is 324 g/mol. The molecule has 1 heterocycles. The van der Waals surface area contributed by atoms with Crippen LogP contribution in [-0.2, 0) is 4.79 Å². The molecule has 0 aliphatic heterocycles. The van der Waals surface area contributed by atoms with E-state index in [4.69, 9.17) is 4.74 Å². The zero-order valence-corrected chi connectivity index (χ0v) is 13.6. The molecule has 5 nitrogen and oxygen atoms in total. The van der Waals surface area contributed by atoms with Crippen LogP contribution in [0.15, 0.2) is 24.5 Å². The van der Waals surface area contributed by atoms with Gasteiger partial charge in [-0.3, -0.25) is 9.78 Å². The molecule has 0 spiro atoms. The number of ether oxygens (including phenoxy) is 1. The quantitative estimate of drug-likeness (QED) is 0.803. The van der Waals surface area contributed by atoms with E-state index in [1.165, 1.54) is 0 Å². The molecular weight excluding hydrogens is 301 g/mol. The van der Waals surface area contributed by atoms with Crippen molar-refractivity contribution in [3.63, 3.8) is 0 Å². The van der Waals surface area contributed by atoms with Crippen LogP contribution >= 0.6 is 24.8 Å². The van der Waals surface area contributed by atoms with Crippen molar-refractivity contribution in [2.24, 2.45) is 0 Å². The molecule has 0 aliphatic rings. The van der Waals surface area contributed by atoms with Crippen LogP contribution in [0.4, 0.5) is 0 Å². The highest BCUT2D eigenvalue weighted by molar-refractivity contribution is 5.85. The summed E-state index contributed by atoms with van der Waals surface area (Å²) in [5.74, 6) is 0.475. The van der Waals surface area contributed by atoms with Crippen LogP contribution in [0.3, 0.4) is 0 Å². The summed E-state index contributed by atoms with van der Waals surface area (Å²) in [6.07, 6.45) is 2.73. The standard InChI is InChI=1S/C13H21N3O2.2ClH/c1-4-15-10(2)8-16-13(17)11(3)18-12-6-5-7-14-9-12;;/h5-7,9-11,15H,4,8H2,1-3H3,(H,16,17);2*1H/t10-,11?;;/m1../s1. The molecule has 2 N–H and O–H groups in total. The van der Waals surface area contributed by atoms with E-state index in [-0.39, 0.29) is 36.8 Å². The molecule has 7 heteroatoms. The number of nitrogens with zero attached hydrogens (tertiary/aromatic N) is 1. The first-order chi connectivity index (χ1) is 8.63. The number of hydrogen-bond acceptors (Lipinski definition) is 4. The molecule has 1 amide bonds. The van der Waals surface area contributed by atoms with Gasteiger partial charge in [-0.05, 0) is 32.5 Å². The first-order valence-corrected chi connectivity index (χ1v) is 6.21. The predicted octanol–water partition coefficient (Wildman–Crippen LogP) is 1.81. The van der Waals surface area contributed by atoms with Crippen molar-refractivity contribution < 1.29 is 9.53 Å². The third-order valence-corrected chi connectivity index (χ3v) is 2.45. The average Bonchev–Trinajstić information content (AvgIpc) is 2.37. The molecule has 0 aromatic carbocycles. The van der Waals surface area contributed by atoms with Gasteiger partial charge < -0.3 is 15.4 Å². The first-order valence-electron chi connectivity index (χ1n) is 6.21. The fourth-order valence-electron chi connectivity index (χ4n) is 1.49. The molecule has 0 aliphatic carbocycles. The van der Waals surface area contributed by atoms with E-state index >= 15 is 0 Å². The largest absolute Gasteiger partial charge is 0.479 e. The second kappa shape index (κ2) is 11.8. The number of likely N-dealkylation sites (N-methyl/N-ethyl adjacent to an activating group) is 1. The number of hydrogen-bond donors (Lipinski definition) is 2. The topological polar surface area (TPSA) is 63.2 Å². The smallest absolute Gasteiger partial charge is 0.260 e. The maximum atomic E-state index is 11.8. The summed E-state index contributed by atoms with van der Waals surface area (Å²) in [5, 5.41) is 6.06. The summed E-state index contributed by atoms with van der Waals surface area (Å²) >= 11 is 0. The van der Waals surface area contributed by atoms with Crippen molar-refractivity contribution in [1.82, 2.24) is 15.6 Å². The third kappa shape index (κ3) is 8.19. The van der Waals surface area contributed by atoms with Gasteiger partial charge in [0.05, 0.1) is 6.20 Å². The number of aromatic nitrogens is 1. The molecule has 1 rings (SSSR count). The van der Waals surface area contributed by atoms with Crippen molar-refractivity contribution in [2.75, 3.05) is 13.1 Å². The van der Waals surface area contributed by atoms with E-state index in [1.807, 2.05) is 13.8 Å². The monoisotopic (exact) mass is 323 g/mol. The Kier molecular flexibility index (Phi) is 12.5. The van der Waals surface area contributed by atoms with Gasteiger partial charge in [0.25, 0.3) is 5.91 Å². The van der Waals surface area contributed by atoms with Gasteiger partial charge in [0.1, 0.15) is 5.75 Å². The Morgan fingerprint density at radius 2 is 2.10 bits per heavy atom. The number of nitrogens with one attached hydrogen (secondary N) is 2. The minimum atomic E-state index is -0.525. The molecular formula is C13H23Cl2N3O2. The van der Waals surface area contributed by atoms with Crippen LogP contribution in [0.2, 0.25) is 0 Å². The third-order valence-electron chi connectivity index (χ3n) is 2.45. The molecule has 116 valence electrons. The lowest BCUT2D eigenvalue weighted by molar-refractivity contribution is -0.127. The minimum absolute atomic E-state index is 0. The van der Waals surface area contributed by atoms with Gasteiger partial charge in [-0.2, -0.15) is 0 Å². The summed E-state index contributed by atoms with van der Waals surface area (Å²) in [4.78, 5) is 15.7. The Morgan fingerprint density at radius 1 is 1.40 bits per heavy atom. The SMILES string of the molecule is CCN[C@H](C)CNC(=O)C(C)Oc1cccnc1.Cl.Cl. The maximum absolute atomic E-state index is 11.8. The van der Waals surface area contributed by atoms with Gasteiger partial charge in [0, 0.05) is 18.8 Å². The van der Waals surface area contributed by atoms with Gasteiger partial charge in [-0.25, -0.2) is 0 Å². The molecule has 2 atom stereocenters. The molecule has 1 aromatic rings. The Hall–Kier alpha value is -1.04. The summed E-state index contributed by atoms with van der Waals surface area (Å²) in [6, 6.07) is 3.80. The number of amides is 1. The first kappa shape index (κ1) is 21.3. The van der Waals surface area contributed by atoms with Gasteiger partial charge in [0.15, 0.2) is 6.10 Å². The van der Waals surface area contributed by atoms with Crippen molar-refractivity contribution in [3.05, 3.63) is 24.5 Å². The minimum Gasteiger partial charge on any atom is -0.479 e. The Labute approximate surface area is 132 Å². The van der Waals surface area contributed by atoms with E-state index in [0.717, 1.165) is 6.54 Å². The molecule has 0 fully saturated rings. The second-order valence-corrected chi connectivity index (χ2v) is 4.15. The van der Waals surface area contributed by atoms with E-state index < -0.39 is 6.10 Å². The molecule has 1 unspecified atom stereocenters. The Balaban J connectivity index is 0. The Morgan fingerprint density at radius 3 is 2.65 bits per heavy atom. The van der Waals surface area contributed by atoms with E-state index in [0.29, 0.717) is 12.3 Å². The molecule has 1 aromatic heterocycles. The van der Waals surface area contributed by atoms with Crippen LogP contribution < -0.4 is 15.4 Å². The van der Waals surface area contributed by atoms with Gasteiger partial charge in [0.2, 0.25) is 0 Å². The number of carbonyl (C=O) groups is 1. The lowest BCUT2D eigenvalue weighted by atomic mass is 10.3. The molecule has 0 radical (unpaired) electrons. The zero-order valence-electron chi connectivity index (χ0n) is 12.0. The van der Waals surface area contributed by atoms with Crippen molar-refractivity contribution in [3.8, 4) is 5.75 Å². The molecule has 0 bridgehead atoms. The highest BCUT2D eigenvalue weighted by Crippen LogP contribution is 2.08. The predicted molar refractivity (Wildman–Crippen MR) is 85.0 cm³/mol. The van der Waals surface area contributed by atoms with Crippen molar-refractivity contribution in [2.45, 2.75) is 32.9 Å². The van der Waals surface area contributed by atoms with Crippen LogP contribution in [0, 0.1) is 0 Å². The summed E-state index contributed by atoms with van der Waals surface area (Å²) in [6.45, 7) is 7.26. The van der Waals surface area contributed by atoms with Crippen LogP contribution in [0.5, 0.6) is 5.75 Å². The normalized spacial score (nSPS) is 12.3. The molecule has 20 heavy (non-hydrogen) atoms. The van der Waals surface area contributed by atoms with E-state index in [9.17, 15) is 4.79 Å². The van der Waals surface area contributed by atoms with Crippen LogP contribution in [0.25, 0.3) is 0 Å². The number of rotatable bonds is 7. The van der Waals surface area contributed by atoms with Gasteiger partial charge >= 0.3 is 0 Å². The summed E-state index contributed by atoms with van der Waals surface area (Å²) in [7, 11) is 0. The number of carbonyl (C=O) groups excluding carboxylic acids is 1. The van der Waals surface area contributed by atoms with Crippen LogP contribution in [0.1, 0.15) is 20.8 Å². The Bertz CT molecular complexity index is 366. The summed E-state index contributed by atoms with van der Waals surface area (Å²) in [5.41, 5.74) is 0. The van der Waals surface area contributed by atoms with Gasteiger partial charge in [-0.1, -0.05) is 6.92 Å². The number of halogens is 2. The van der Waals surface area contributed by atoms with E-state index in [1.54, 1.807) is 31.5 Å².